The van der Waals surface area contributed by atoms with E-state index < -0.39 is 0 Å². The second-order valence-corrected chi connectivity index (χ2v) is 8.30. The van der Waals surface area contributed by atoms with Crippen molar-refractivity contribution in [2.75, 3.05) is 13.2 Å². The fourth-order valence-corrected chi connectivity index (χ4v) is 3.74. The Balaban J connectivity index is 1.50. The number of ether oxygens (including phenoxy) is 3. The lowest BCUT2D eigenvalue weighted by atomic mass is 10.1. The van der Waals surface area contributed by atoms with Crippen LogP contribution in [0.5, 0.6) is 11.6 Å². The molecule has 0 spiro atoms. The Morgan fingerprint density at radius 3 is 2.55 bits per heavy atom. The predicted octanol–water partition coefficient (Wildman–Crippen LogP) is 5.96. The molecule has 0 bridgehead atoms. The van der Waals surface area contributed by atoms with Crippen LogP contribution in [-0.2, 0) is 17.8 Å². The zero-order valence-electron chi connectivity index (χ0n) is 19.3. The van der Waals surface area contributed by atoms with E-state index in [2.05, 4.69) is 48.0 Å². The van der Waals surface area contributed by atoms with E-state index in [1.807, 2.05) is 42.5 Å². The van der Waals surface area contributed by atoms with E-state index in [0.29, 0.717) is 30.5 Å². The molecule has 1 atom stereocenters. The molecule has 4 heteroatoms. The van der Waals surface area contributed by atoms with Crippen molar-refractivity contribution in [1.29, 1.82) is 0 Å². The van der Waals surface area contributed by atoms with Crippen molar-refractivity contribution >= 4 is 0 Å². The summed E-state index contributed by atoms with van der Waals surface area (Å²) in [6.07, 6.45) is 5.66. The molecule has 2 aromatic carbocycles. The third-order valence-electron chi connectivity index (χ3n) is 5.54. The van der Waals surface area contributed by atoms with Crippen molar-refractivity contribution in [3.63, 3.8) is 0 Å². The average Bonchev–Trinajstić information content (AvgIpc) is 2.87. The maximum Gasteiger partial charge on any atom is 0.218 e. The van der Waals surface area contributed by atoms with Gasteiger partial charge in [0, 0.05) is 24.3 Å². The molecule has 1 saturated heterocycles. The van der Waals surface area contributed by atoms with Crippen LogP contribution in [0.2, 0.25) is 0 Å². The summed E-state index contributed by atoms with van der Waals surface area (Å²) >= 11 is 0. The second kappa shape index (κ2) is 12.1. The number of rotatable bonds is 8. The molecule has 1 aliphatic heterocycles. The van der Waals surface area contributed by atoms with Gasteiger partial charge in [0.15, 0.2) is 0 Å². The number of aromatic nitrogens is 1. The molecule has 4 nitrogen and oxygen atoms in total. The lowest BCUT2D eigenvalue weighted by molar-refractivity contribution is -0.0120. The van der Waals surface area contributed by atoms with Crippen molar-refractivity contribution in [3.8, 4) is 23.5 Å². The molecule has 1 aliphatic rings. The topological polar surface area (TPSA) is 40.6 Å². The van der Waals surface area contributed by atoms with Crippen LogP contribution < -0.4 is 9.47 Å². The summed E-state index contributed by atoms with van der Waals surface area (Å²) in [7, 11) is 0. The molecule has 33 heavy (non-hydrogen) atoms. The Hall–Kier alpha value is -3.29. The fraction of sp³-hybridized carbons (Fsp3) is 0.345. The monoisotopic (exact) mass is 441 g/mol. The number of hydrogen-bond acceptors (Lipinski definition) is 4. The highest BCUT2D eigenvalue weighted by Crippen LogP contribution is 2.22. The Kier molecular flexibility index (Phi) is 8.38. The van der Waals surface area contributed by atoms with E-state index in [1.54, 1.807) is 0 Å². The van der Waals surface area contributed by atoms with Gasteiger partial charge in [0.05, 0.1) is 6.10 Å². The molecule has 1 fully saturated rings. The zero-order chi connectivity index (χ0) is 22.7. The van der Waals surface area contributed by atoms with E-state index in [1.165, 1.54) is 12.0 Å². The molecule has 4 rings (SSSR count). The third kappa shape index (κ3) is 7.37. The van der Waals surface area contributed by atoms with Crippen molar-refractivity contribution in [1.82, 2.24) is 4.98 Å². The molecule has 170 valence electrons. The molecule has 0 saturated carbocycles. The summed E-state index contributed by atoms with van der Waals surface area (Å²) in [6, 6.07) is 22.2. The van der Waals surface area contributed by atoms with Crippen LogP contribution in [0.3, 0.4) is 0 Å². The average molecular weight is 442 g/mol. The van der Waals surface area contributed by atoms with Crippen LogP contribution in [0.4, 0.5) is 0 Å². The van der Waals surface area contributed by atoms with Gasteiger partial charge in [-0.05, 0) is 54.9 Å². The molecule has 3 aromatic rings. The first-order valence-electron chi connectivity index (χ1n) is 11.8. The summed E-state index contributed by atoms with van der Waals surface area (Å²) in [6.45, 7) is 3.95. The fourth-order valence-electron chi connectivity index (χ4n) is 3.74. The van der Waals surface area contributed by atoms with Gasteiger partial charge >= 0.3 is 0 Å². The molecule has 1 unspecified atom stereocenters. The first-order chi connectivity index (χ1) is 16.3. The molecule has 1 aromatic heterocycles. The molecule has 0 aliphatic carbocycles. The van der Waals surface area contributed by atoms with Crippen molar-refractivity contribution in [3.05, 3.63) is 89.1 Å². The van der Waals surface area contributed by atoms with Gasteiger partial charge in [-0.1, -0.05) is 61.7 Å². The third-order valence-corrected chi connectivity index (χ3v) is 5.54. The molecule has 2 heterocycles. The van der Waals surface area contributed by atoms with Crippen molar-refractivity contribution in [2.24, 2.45) is 0 Å². The molecular formula is C29H31NO3. The highest BCUT2D eigenvalue weighted by molar-refractivity contribution is 5.44. The lowest BCUT2D eigenvalue weighted by Gasteiger charge is -2.22. The molecule has 0 radical (unpaired) electrons. The first-order valence-corrected chi connectivity index (χ1v) is 11.8. The van der Waals surface area contributed by atoms with Crippen LogP contribution in [0, 0.1) is 11.8 Å². The van der Waals surface area contributed by atoms with Gasteiger partial charge in [-0.2, -0.15) is 0 Å². The summed E-state index contributed by atoms with van der Waals surface area (Å²) in [4.78, 5) is 4.60. The minimum Gasteiger partial charge on any atom is -0.489 e. The Bertz CT molecular complexity index is 1060. The van der Waals surface area contributed by atoms with E-state index in [-0.39, 0.29) is 6.10 Å². The van der Waals surface area contributed by atoms with Crippen LogP contribution >= 0.6 is 0 Å². The molecule has 0 amide bonds. The van der Waals surface area contributed by atoms with Gasteiger partial charge in [-0.25, -0.2) is 4.98 Å². The van der Waals surface area contributed by atoms with Gasteiger partial charge in [-0.3, -0.25) is 0 Å². The largest absolute Gasteiger partial charge is 0.489 e. The number of hydrogen-bond donors (Lipinski definition) is 0. The smallest absolute Gasteiger partial charge is 0.218 e. The van der Waals surface area contributed by atoms with E-state index in [9.17, 15) is 0 Å². The normalized spacial score (nSPS) is 15.4. The molecule has 0 N–H and O–H groups in total. The first kappa shape index (κ1) is 22.9. The highest BCUT2D eigenvalue weighted by atomic mass is 16.5. The number of benzene rings is 2. The number of pyridine rings is 1. The van der Waals surface area contributed by atoms with Crippen LogP contribution in [0.25, 0.3) is 0 Å². The van der Waals surface area contributed by atoms with Gasteiger partial charge < -0.3 is 14.2 Å². The maximum absolute atomic E-state index is 6.04. The minimum atomic E-state index is 0.116. The van der Waals surface area contributed by atoms with Gasteiger partial charge in [-0.15, -0.1) is 0 Å². The summed E-state index contributed by atoms with van der Waals surface area (Å²) in [5, 5.41) is 0. The maximum atomic E-state index is 6.04. The van der Waals surface area contributed by atoms with Crippen LogP contribution in [-0.4, -0.2) is 24.3 Å². The van der Waals surface area contributed by atoms with E-state index in [4.69, 9.17) is 14.2 Å². The zero-order valence-corrected chi connectivity index (χ0v) is 19.3. The standard InChI is InChI=1S/C29H31NO3/c1-2-8-23-12-14-24(15-13-23)16-17-26-19-28(32-21-25-9-4-3-5-10-25)20-29(30-26)33-22-27-11-6-7-18-31-27/h3-5,9-10,12-15,19-20,27H,2,6-8,11,18,21-22H2,1H3. The quantitative estimate of drug-likeness (QED) is 0.404. The van der Waals surface area contributed by atoms with Crippen molar-refractivity contribution in [2.45, 2.75) is 51.7 Å². The van der Waals surface area contributed by atoms with E-state index >= 15 is 0 Å². The van der Waals surface area contributed by atoms with Crippen LogP contribution in [0.1, 0.15) is 55.0 Å². The highest BCUT2D eigenvalue weighted by Gasteiger charge is 2.15. The minimum absolute atomic E-state index is 0.116. The Morgan fingerprint density at radius 2 is 1.79 bits per heavy atom. The van der Waals surface area contributed by atoms with Crippen LogP contribution in [0.15, 0.2) is 66.7 Å². The van der Waals surface area contributed by atoms with Crippen molar-refractivity contribution < 1.29 is 14.2 Å². The lowest BCUT2D eigenvalue weighted by Crippen LogP contribution is -2.26. The SMILES string of the molecule is CCCc1ccc(C#Cc2cc(OCc3ccccc3)cc(OCC3CCCCO3)n2)cc1. The molecular weight excluding hydrogens is 410 g/mol. The van der Waals surface area contributed by atoms with Gasteiger partial charge in [0.25, 0.3) is 0 Å². The predicted molar refractivity (Wildman–Crippen MR) is 131 cm³/mol. The number of aryl methyl sites for hydroxylation is 1. The van der Waals surface area contributed by atoms with Gasteiger partial charge in [0.1, 0.15) is 24.7 Å². The van der Waals surface area contributed by atoms with E-state index in [0.717, 1.165) is 43.4 Å². The second-order valence-electron chi connectivity index (χ2n) is 8.30. The summed E-state index contributed by atoms with van der Waals surface area (Å²) in [5.74, 6) is 7.59. The summed E-state index contributed by atoms with van der Waals surface area (Å²) in [5.41, 5.74) is 4.02. The Morgan fingerprint density at radius 1 is 0.939 bits per heavy atom. The number of nitrogens with zero attached hydrogens (tertiary/aromatic N) is 1. The Labute approximate surface area is 196 Å². The van der Waals surface area contributed by atoms with Gasteiger partial charge in [0.2, 0.25) is 5.88 Å². The summed E-state index contributed by atoms with van der Waals surface area (Å²) < 4.78 is 17.8.